The lowest BCUT2D eigenvalue weighted by atomic mass is 10.1. The van der Waals surface area contributed by atoms with Crippen LogP contribution in [0.1, 0.15) is 18.1 Å². The minimum Gasteiger partial charge on any atom is -0.341 e. The number of fused-ring (bicyclic) bond motifs is 3. The largest absolute Gasteiger partial charge is 0.341 e. The zero-order valence-electron chi connectivity index (χ0n) is 17.9. The number of halogens is 1. The minimum absolute atomic E-state index is 0.801. The number of aromatic nitrogens is 1. The minimum atomic E-state index is 0.801. The Morgan fingerprint density at radius 2 is 1.68 bits per heavy atom. The second-order valence-corrected chi connectivity index (χ2v) is 8.73. The van der Waals surface area contributed by atoms with Gasteiger partial charge in [0.05, 0.1) is 32.4 Å². The number of benzene rings is 3. The SMILES string of the molecule is CCn1c2ccccc2c2cc(/C=N\N3CC[NH+](Cc4ccc(Cl)cc4)CC3)ccc21. The molecule has 0 bridgehead atoms. The molecule has 0 spiro atoms. The Hall–Kier alpha value is -2.82. The number of hydrogen-bond acceptors (Lipinski definition) is 2. The topological polar surface area (TPSA) is 25.0 Å². The molecule has 1 aromatic heterocycles. The van der Waals surface area contributed by atoms with Gasteiger partial charge in [-0.15, -0.1) is 0 Å². The molecule has 0 unspecified atom stereocenters. The molecule has 4 nitrogen and oxygen atoms in total. The Labute approximate surface area is 188 Å². The van der Waals surface area contributed by atoms with Crippen LogP contribution >= 0.6 is 11.6 Å². The van der Waals surface area contributed by atoms with Gasteiger partial charge in [0.25, 0.3) is 0 Å². The summed E-state index contributed by atoms with van der Waals surface area (Å²) in [6.45, 7) is 8.39. The number of para-hydroxylation sites is 1. The molecule has 158 valence electrons. The van der Waals surface area contributed by atoms with Gasteiger partial charge in [0.15, 0.2) is 0 Å². The summed E-state index contributed by atoms with van der Waals surface area (Å²) in [7, 11) is 0. The van der Waals surface area contributed by atoms with Crippen LogP contribution in [0.3, 0.4) is 0 Å². The van der Waals surface area contributed by atoms with Crippen molar-refractivity contribution in [3.05, 3.63) is 82.9 Å². The molecule has 5 heteroatoms. The van der Waals surface area contributed by atoms with Crippen molar-refractivity contribution in [2.45, 2.75) is 20.0 Å². The summed E-state index contributed by atoms with van der Waals surface area (Å²) in [6, 6.07) is 23.6. The van der Waals surface area contributed by atoms with E-state index in [4.69, 9.17) is 16.7 Å². The van der Waals surface area contributed by atoms with Gasteiger partial charge >= 0.3 is 0 Å². The van der Waals surface area contributed by atoms with Crippen molar-refractivity contribution in [1.82, 2.24) is 9.58 Å². The third-order valence-corrected chi connectivity index (χ3v) is 6.55. The number of nitrogens with zero attached hydrogens (tertiary/aromatic N) is 3. The van der Waals surface area contributed by atoms with Gasteiger partial charge in [-0.1, -0.05) is 48.0 Å². The van der Waals surface area contributed by atoms with Crippen molar-refractivity contribution in [3.63, 3.8) is 0 Å². The molecule has 0 atom stereocenters. The number of piperazine rings is 1. The van der Waals surface area contributed by atoms with E-state index in [9.17, 15) is 0 Å². The van der Waals surface area contributed by atoms with Crippen molar-refractivity contribution in [2.75, 3.05) is 26.2 Å². The molecule has 5 rings (SSSR count). The average Bonchev–Trinajstić information content (AvgIpc) is 3.13. The number of aryl methyl sites for hydroxylation is 1. The molecule has 1 fully saturated rings. The van der Waals surface area contributed by atoms with Crippen LogP contribution in [0.4, 0.5) is 0 Å². The maximum absolute atomic E-state index is 6.00. The summed E-state index contributed by atoms with van der Waals surface area (Å²) in [4.78, 5) is 1.60. The Bertz CT molecular complexity index is 1220. The van der Waals surface area contributed by atoms with Gasteiger partial charge in [-0.25, -0.2) is 0 Å². The van der Waals surface area contributed by atoms with Gasteiger partial charge in [0.1, 0.15) is 6.54 Å². The second-order valence-electron chi connectivity index (χ2n) is 8.29. The quantitative estimate of drug-likeness (QED) is 0.470. The van der Waals surface area contributed by atoms with E-state index in [2.05, 4.69) is 71.1 Å². The van der Waals surface area contributed by atoms with Crippen LogP contribution in [0.25, 0.3) is 21.8 Å². The third-order valence-electron chi connectivity index (χ3n) is 6.30. The van der Waals surface area contributed by atoms with Crippen molar-refractivity contribution in [2.24, 2.45) is 5.10 Å². The maximum Gasteiger partial charge on any atom is 0.103 e. The van der Waals surface area contributed by atoms with Crippen LogP contribution in [-0.4, -0.2) is 42.0 Å². The van der Waals surface area contributed by atoms with E-state index in [1.807, 2.05) is 18.3 Å². The fourth-order valence-corrected chi connectivity index (χ4v) is 4.76. The summed E-state index contributed by atoms with van der Waals surface area (Å²) < 4.78 is 2.38. The normalized spacial score (nSPS) is 15.5. The van der Waals surface area contributed by atoms with Crippen molar-refractivity contribution < 1.29 is 4.90 Å². The predicted molar refractivity (Wildman–Crippen MR) is 130 cm³/mol. The lowest BCUT2D eigenvalue weighted by molar-refractivity contribution is -0.918. The molecule has 2 heterocycles. The summed E-state index contributed by atoms with van der Waals surface area (Å²) in [5, 5.41) is 10.4. The number of nitrogens with one attached hydrogen (secondary N) is 1. The number of hydrogen-bond donors (Lipinski definition) is 1. The molecule has 0 saturated carbocycles. The molecule has 0 radical (unpaired) electrons. The highest BCUT2D eigenvalue weighted by Gasteiger charge is 2.18. The van der Waals surface area contributed by atoms with Crippen LogP contribution in [-0.2, 0) is 13.1 Å². The van der Waals surface area contributed by atoms with E-state index in [1.54, 1.807) is 4.90 Å². The van der Waals surface area contributed by atoms with E-state index < -0.39 is 0 Å². The number of quaternary nitrogens is 1. The van der Waals surface area contributed by atoms with Gasteiger partial charge in [0.2, 0.25) is 0 Å². The Morgan fingerprint density at radius 1 is 0.935 bits per heavy atom. The smallest absolute Gasteiger partial charge is 0.103 e. The lowest BCUT2D eigenvalue weighted by Gasteiger charge is -2.30. The maximum atomic E-state index is 6.00. The first-order chi connectivity index (χ1) is 15.2. The van der Waals surface area contributed by atoms with Crippen LogP contribution < -0.4 is 4.90 Å². The van der Waals surface area contributed by atoms with Gasteiger partial charge in [-0.2, -0.15) is 5.10 Å². The Morgan fingerprint density at radius 3 is 2.45 bits per heavy atom. The first-order valence-corrected chi connectivity index (χ1v) is 11.5. The van der Waals surface area contributed by atoms with Crippen LogP contribution in [0.5, 0.6) is 0 Å². The van der Waals surface area contributed by atoms with E-state index in [-0.39, 0.29) is 0 Å². The average molecular weight is 432 g/mol. The summed E-state index contributed by atoms with van der Waals surface area (Å²) in [5.74, 6) is 0. The Balaban J connectivity index is 1.27. The van der Waals surface area contributed by atoms with E-state index >= 15 is 0 Å². The highest BCUT2D eigenvalue weighted by Crippen LogP contribution is 2.29. The summed E-state index contributed by atoms with van der Waals surface area (Å²) in [5.41, 5.74) is 5.09. The van der Waals surface area contributed by atoms with Gasteiger partial charge < -0.3 is 9.47 Å². The molecule has 1 saturated heterocycles. The van der Waals surface area contributed by atoms with E-state index in [0.717, 1.165) is 49.9 Å². The first-order valence-electron chi connectivity index (χ1n) is 11.1. The second kappa shape index (κ2) is 8.74. The summed E-state index contributed by atoms with van der Waals surface area (Å²) in [6.07, 6.45) is 2.02. The van der Waals surface area contributed by atoms with Gasteiger partial charge in [-0.05, 0) is 42.8 Å². The fourth-order valence-electron chi connectivity index (χ4n) is 4.63. The molecule has 0 amide bonds. The molecule has 1 aliphatic rings. The third kappa shape index (κ3) is 4.18. The molecule has 3 aromatic carbocycles. The van der Waals surface area contributed by atoms with Crippen LogP contribution in [0, 0.1) is 0 Å². The standard InChI is InChI=1S/C26H27ClN4/c1-2-31-25-6-4-3-5-23(25)24-17-21(9-12-26(24)31)18-28-30-15-13-29(14-16-30)19-20-7-10-22(27)11-8-20/h3-12,17-18H,2,13-16,19H2,1H3/p+1/b28-18-. The molecule has 4 aromatic rings. The molecular weight excluding hydrogens is 404 g/mol. The molecular formula is C26H28ClN4+. The van der Waals surface area contributed by atoms with Crippen LogP contribution in [0.15, 0.2) is 71.8 Å². The monoisotopic (exact) mass is 431 g/mol. The van der Waals surface area contributed by atoms with E-state index in [0.29, 0.717) is 0 Å². The number of rotatable bonds is 5. The van der Waals surface area contributed by atoms with Crippen molar-refractivity contribution >= 4 is 39.6 Å². The van der Waals surface area contributed by atoms with Crippen molar-refractivity contribution in [3.8, 4) is 0 Å². The molecule has 1 N–H and O–H groups in total. The molecule has 31 heavy (non-hydrogen) atoms. The van der Waals surface area contributed by atoms with Gasteiger partial charge in [-0.3, -0.25) is 5.01 Å². The highest BCUT2D eigenvalue weighted by atomic mass is 35.5. The van der Waals surface area contributed by atoms with E-state index in [1.165, 1.54) is 27.4 Å². The first kappa shape index (κ1) is 20.1. The Kier molecular flexibility index (Phi) is 5.66. The molecule has 0 aliphatic carbocycles. The zero-order chi connectivity index (χ0) is 21.2. The molecule has 1 aliphatic heterocycles. The van der Waals surface area contributed by atoms with Crippen molar-refractivity contribution in [1.29, 1.82) is 0 Å². The highest BCUT2D eigenvalue weighted by molar-refractivity contribution is 6.30. The zero-order valence-corrected chi connectivity index (χ0v) is 18.6. The lowest BCUT2D eigenvalue weighted by Crippen LogP contribution is -3.13. The number of hydrazone groups is 1. The fraction of sp³-hybridized carbons (Fsp3) is 0.269. The summed E-state index contributed by atoms with van der Waals surface area (Å²) >= 11 is 6.00. The predicted octanol–water partition coefficient (Wildman–Crippen LogP) is 4.20. The van der Waals surface area contributed by atoms with Gasteiger partial charge in [0, 0.05) is 38.9 Å². The van der Waals surface area contributed by atoms with Crippen LogP contribution in [0.2, 0.25) is 5.02 Å².